The number of hydrogen-bond donors (Lipinski definition) is 2. The minimum absolute atomic E-state index is 0.0753. The largest absolute Gasteiger partial charge is 0.497 e. The number of hydrogen-bond acceptors (Lipinski definition) is 7. The average molecular weight is 490 g/mol. The summed E-state index contributed by atoms with van der Waals surface area (Å²) in [6, 6.07) is 12.3. The lowest BCUT2D eigenvalue weighted by Crippen LogP contribution is -2.31. The minimum atomic E-state index is -3.63. The second kappa shape index (κ2) is 10.8. The van der Waals surface area contributed by atoms with Crippen molar-refractivity contribution in [3.63, 3.8) is 0 Å². The topological polar surface area (TPSA) is 117 Å². The molecule has 11 heteroatoms. The monoisotopic (exact) mass is 489 g/mol. The number of benzene rings is 2. The van der Waals surface area contributed by atoms with Gasteiger partial charge in [0.05, 0.1) is 17.8 Å². The Labute approximate surface area is 198 Å². The standard InChI is InChI=1S/C22H27N5O4S2/c1-5-27(6-2)33(29,30)19-13-17(10-7-15(19)3)23-20(28)14-32-22-24-21(25-26-22)16-8-11-18(31-4)12-9-16/h7-13H,5-6,14H2,1-4H3,(H,23,28)(H,24,25,26). The van der Waals surface area contributed by atoms with Gasteiger partial charge in [-0.1, -0.05) is 31.7 Å². The zero-order valence-corrected chi connectivity index (χ0v) is 20.6. The van der Waals surface area contributed by atoms with Crippen LogP contribution >= 0.6 is 11.8 Å². The molecule has 9 nitrogen and oxygen atoms in total. The van der Waals surface area contributed by atoms with Crippen LogP contribution in [0.2, 0.25) is 0 Å². The fraction of sp³-hybridized carbons (Fsp3) is 0.318. The zero-order valence-electron chi connectivity index (χ0n) is 19.0. The van der Waals surface area contributed by atoms with Gasteiger partial charge in [-0.2, -0.15) is 4.31 Å². The van der Waals surface area contributed by atoms with Gasteiger partial charge in [0.15, 0.2) is 5.82 Å². The number of nitrogens with one attached hydrogen (secondary N) is 2. The van der Waals surface area contributed by atoms with Gasteiger partial charge in [-0.3, -0.25) is 9.89 Å². The maximum absolute atomic E-state index is 12.9. The molecule has 3 rings (SSSR count). The fourth-order valence-electron chi connectivity index (χ4n) is 3.17. The number of amides is 1. The second-order valence-corrected chi connectivity index (χ2v) is 9.95. The molecule has 0 spiro atoms. The predicted octanol–water partition coefficient (Wildman–Crippen LogP) is 3.55. The van der Waals surface area contributed by atoms with Crippen LogP contribution in [0.4, 0.5) is 5.69 Å². The molecule has 0 aliphatic carbocycles. The van der Waals surface area contributed by atoms with Gasteiger partial charge >= 0.3 is 0 Å². The van der Waals surface area contributed by atoms with Gasteiger partial charge in [-0.05, 0) is 48.9 Å². The highest BCUT2D eigenvalue weighted by Gasteiger charge is 2.24. The van der Waals surface area contributed by atoms with Gasteiger partial charge < -0.3 is 10.1 Å². The minimum Gasteiger partial charge on any atom is -0.497 e. The van der Waals surface area contributed by atoms with Crippen molar-refractivity contribution in [2.75, 3.05) is 31.3 Å². The molecular formula is C22H27N5O4S2. The van der Waals surface area contributed by atoms with Crippen LogP contribution < -0.4 is 10.1 Å². The number of methoxy groups -OCH3 is 1. The van der Waals surface area contributed by atoms with E-state index in [0.29, 0.717) is 35.3 Å². The fourth-order valence-corrected chi connectivity index (χ4v) is 5.48. The van der Waals surface area contributed by atoms with E-state index in [2.05, 4.69) is 20.5 Å². The van der Waals surface area contributed by atoms with Crippen LogP contribution in [0.1, 0.15) is 19.4 Å². The number of anilines is 1. The molecule has 0 fully saturated rings. The Balaban J connectivity index is 1.64. The summed E-state index contributed by atoms with van der Waals surface area (Å²) in [6.45, 7) is 6.08. The lowest BCUT2D eigenvalue weighted by atomic mass is 10.2. The van der Waals surface area contributed by atoms with Crippen LogP contribution in [0.3, 0.4) is 0 Å². The second-order valence-electron chi connectivity index (χ2n) is 7.10. The first kappa shape index (κ1) is 24.7. The van der Waals surface area contributed by atoms with Crippen molar-refractivity contribution in [2.45, 2.75) is 30.8 Å². The van der Waals surface area contributed by atoms with Gasteiger partial charge in [0.1, 0.15) is 5.75 Å². The Morgan fingerprint density at radius 1 is 1.15 bits per heavy atom. The Hall–Kier alpha value is -2.89. The summed E-state index contributed by atoms with van der Waals surface area (Å²) in [6.07, 6.45) is 0. The third-order valence-electron chi connectivity index (χ3n) is 4.96. The molecule has 0 radical (unpaired) electrons. The number of aromatic nitrogens is 3. The zero-order chi connectivity index (χ0) is 24.0. The third kappa shape index (κ3) is 5.92. The first-order chi connectivity index (χ1) is 15.8. The van der Waals surface area contributed by atoms with Gasteiger partial charge in [-0.25, -0.2) is 13.4 Å². The van der Waals surface area contributed by atoms with Crippen molar-refractivity contribution in [3.05, 3.63) is 48.0 Å². The maximum atomic E-state index is 12.9. The number of carbonyl (C=O) groups excluding carboxylic acids is 1. The Bertz CT molecular complexity index is 1210. The average Bonchev–Trinajstić information content (AvgIpc) is 3.28. The van der Waals surface area contributed by atoms with Gasteiger partial charge in [0.25, 0.3) is 0 Å². The molecule has 0 bridgehead atoms. The number of rotatable bonds is 10. The van der Waals surface area contributed by atoms with Crippen LogP contribution in [0.5, 0.6) is 5.75 Å². The van der Waals surface area contributed by atoms with E-state index in [0.717, 1.165) is 11.3 Å². The highest BCUT2D eigenvalue weighted by atomic mass is 32.2. The number of nitrogens with zero attached hydrogens (tertiary/aromatic N) is 3. The summed E-state index contributed by atoms with van der Waals surface area (Å²) < 4.78 is 32.3. The summed E-state index contributed by atoms with van der Waals surface area (Å²) in [5, 5.41) is 10.2. The van der Waals surface area contributed by atoms with Crippen LogP contribution in [0.25, 0.3) is 11.4 Å². The number of H-pyrrole nitrogens is 1. The van der Waals surface area contributed by atoms with E-state index in [1.807, 2.05) is 24.3 Å². The number of ether oxygens (including phenoxy) is 1. The predicted molar refractivity (Wildman–Crippen MR) is 129 cm³/mol. The summed E-state index contributed by atoms with van der Waals surface area (Å²) in [7, 11) is -2.03. The Kier molecular flexibility index (Phi) is 8.11. The number of carbonyl (C=O) groups is 1. The first-order valence-corrected chi connectivity index (χ1v) is 12.8. The molecule has 176 valence electrons. The maximum Gasteiger partial charge on any atom is 0.243 e. The van der Waals surface area contributed by atoms with E-state index in [1.165, 1.54) is 22.1 Å². The van der Waals surface area contributed by atoms with Crippen molar-refractivity contribution in [1.82, 2.24) is 19.5 Å². The number of sulfonamides is 1. The molecule has 1 aromatic heterocycles. The quantitative estimate of drug-likeness (QED) is 0.418. The van der Waals surface area contributed by atoms with Crippen LogP contribution in [0.15, 0.2) is 52.5 Å². The molecule has 3 aromatic rings. The van der Waals surface area contributed by atoms with E-state index in [-0.39, 0.29) is 16.6 Å². The highest BCUT2D eigenvalue weighted by Crippen LogP contribution is 2.25. The Morgan fingerprint density at radius 3 is 2.48 bits per heavy atom. The van der Waals surface area contributed by atoms with Crippen molar-refractivity contribution in [3.8, 4) is 17.1 Å². The summed E-state index contributed by atoms with van der Waals surface area (Å²) in [4.78, 5) is 17.0. The van der Waals surface area contributed by atoms with E-state index in [1.54, 1.807) is 40.0 Å². The molecule has 0 atom stereocenters. The normalized spacial score (nSPS) is 11.5. The van der Waals surface area contributed by atoms with Crippen molar-refractivity contribution >= 4 is 33.4 Å². The highest BCUT2D eigenvalue weighted by molar-refractivity contribution is 7.99. The van der Waals surface area contributed by atoms with Crippen LogP contribution in [0, 0.1) is 6.92 Å². The Morgan fingerprint density at radius 2 is 1.85 bits per heavy atom. The smallest absolute Gasteiger partial charge is 0.243 e. The molecule has 0 unspecified atom stereocenters. The molecule has 1 amide bonds. The lowest BCUT2D eigenvalue weighted by molar-refractivity contribution is -0.113. The van der Waals surface area contributed by atoms with E-state index in [4.69, 9.17) is 4.74 Å². The summed E-state index contributed by atoms with van der Waals surface area (Å²) in [5.41, 5.74) is 1.90. The number of thioether (sulfide) groups is 1. The molecular weight excluding hydrogens is 462 g/mol. The molecule has 0 saturated carbocycles. The van der Waals surface area contributed by atoms with Crippen molar-refractivity contribution < 1.29 is 17.9 Å². The van der Waals surface area contributed by atoms with Crippen LogP contribution in [-0.2, 0) is 14.8 Å². The van der Waals surface area contributed by atoms with Gasteiger partial charge in [0.2, 0.25) is 21.1 Å². The molecule has 33 heavy (non-hydrogen) atoms. The SMILES string of the molecule is CCN(CC)S(=O)(=O)c1cc(NC(=O)CSc2n[nH]c(-c3ccc(OC)cc3)n2)ccc1C. The van der Waals surface area contributed by atoms with Crippen molar-refractivity contribution in [1.29, 1.82) is 0 Å². The molecule has 0 aliphatic rings. The molecule has 0 aliphatic heterocycles. The summed E-state index contributed by atoms with van der Waals surface area (Å²) >= 11 is 1.18. The lowest BCUT2D eigenvalue weighted by Gasteiger charge is -2.20. The molecule has 1 heterocycles. The van der Waals surface area contributed by atoms with Gasteiger partial charge in [0, 0.05) is 24.3 Å². The number of aryl methyl sites for hydroxylation is 1. The van der Waals surface area contributed by atoms with E-state index >= 15 is 0 Å². The summed E-state index contributed by atoms with van der Waals surface area (Å²) in [5.74, 6) is 1.12. The van der Waals surface area contributed by atoms with E-state index in [9.17, 15) is 13.2 Å². The van der Waals surface area contributed by atoms with Gasteiger partial charge in [-0.15, -0.1) is 5.10 Å². The first-order valence-electron chi connectivity index (χ1n) is 10.4. The molecule has 2 aromatic carbocycles. The van der Waals surface area contributed by atoms with E-state index < -0.39 is 10.0 Å². The van der Waals surface area contributed by atoms with Crippen LogP contribution in [-0.4, -0.2) is 59.8 Å². The number of aromatic amines is 1. The molecule has 2 N–H and O–H groups in total. The third-order valence-corrected chi connectivity index (χ3v) is 8.00. The van der Waals surface area contributed by atoms with Crippen molar-refractivity contribution in [2.24, 2.45) is 0 Å². The molecule has 0 saturated heterocycles.